The Balaban J connectivity index is -0.00000222. The van der Waals surface area contributed by atoms with Gasteiger partial charge >= 0.3 is 38.9 Å². The molecule has 0 atom stereocenters. The van der Waals surface area contributed by atoms with Crippen molar-refractivity contribution >= 4 is 22.8 Å². The summed E-state index contributed by atoms with van der Waals surface area (Å²) in [5, 5.41) is 0. The molecule has 6 heteroatoms. The third-order valence-corrected chi connectivity index (χ3v) is 27.7. The van der Waals surface area contributed by atoms with Crippen LogP contribution in [0.4, 0.5) is 0 Å². The zero-order valence-corrected chi connectivity index (χ0v) is 95.0. The van der Waals surface area contributed by atoms with E-state index in [2.05, 4.69) is 218 Å². The predicted octanol–water partition coefficient (Wildman–Crippen LogP) is 45.6. The number of nitrogens with zero attached hydrogens (tertiary/aromatic N) is 4. The number of unbranched alkanes of at least 4 members (excludes halogenated alkanes) is 65. The van der Waals surface area contributed by atoms with Crippen molar-refractivity contribution < 1.29 is 42.5 Å². The first-order valence-corrected chi connectivity index (χ1v) is 59.4. The van der Waals surface area contributed by atoms with Crippen LogP contribution in [-0.2, 0) is 58.7 Å². The molecule has 0 N–H and O–H groups in total. The van der Waals surface area contributed by atoms with Gasteiger partial charge in [0.25, 0.3) is 0 Å². The zero-order chi connectivity index (χ0) is 99.4. The summed E-state index contributed by atoms with van der Waals surface area (Å²) < 4.78 is 1.55. The number of hydrogen-bond acceptors (Lipinski definition) is 0. The van der Waals surface area contributed by atoms with E-state index < -0.39 is 0 Å². The second-order valence-corrected chi connectivity index (χ2v) is 40.5. The van der Waals surface area contributed by atoms with E-state index in [1.54, 1.807) is 4.70 Å². The van der Waals surface area contributed by atoms with Gasteiger partial charge in [0.15, 0.2) is 0 Å². The summed E-state index contributed by atoms with van der Waals surface area (Å²) in [6, 6.07) is 36.6. The van der Waals surface area contributed by atoms with Crippen LogP contribution in [-0.4, -0.2) is 15.4 Å². The molecule has 0 saturated heterocycles. The Bertz CT molecular complexity index is 3490. The van der Waals surface area contributed by atoms with Crippen molar-refractivity contribution in [2.45, 2.75) is 596 Å². The molecule has 5 rings (SSSR count). The molecule has 0 unspecified atom stereocenters. The predicted molar refractivity (Wildman–Crippen MR) is 615 cm³/mol. The van der Waals surface area contributed by atoms with Crippen molar-refractivity contribution in [1.29, 1.82) is 0 Å². The maximum Gasteiger partial charge on any atom is 2.00 e. The topological polar surface area (TPSA) is 61.7 Å². The molecule has 0 aromatic heterocycles. The quantitative estimate of drug-likeness (QED) is 0.00618. The van der Waals surface area contributed by atoms with Crippen LogP contribution in [0.25, 0.3) is 28.0 Å². The van der Waals surface area contributed by atoms with Crippen LogP contribution in [0.5, 0.6) is 0 Å². The van der Waals surface area contributed by atoms with Gasteiger partial charge in [-0.3, -0.25) is 0 Å². The largest absolute Gasteiger partial charge is 2.00 e. The molecule has 1 aliphatic rings. The average molecular weight is 1980 g/mol. The second-order valence-electron chi connectivity index (χ2n) is 40.5. The summed E-state index contributed by atoms with van der Waals surface area (Å²) in [6.45, 7) is 43.4. The van der Waals surface area contributed by atoms with Gasteiger partial charge in [-0.15, -0.1) is 4.79 Å². The van der Waals surface area contributed by atoms with E-state index in [-0.39, 0.29) is 33.0 Å². The van der Waals surface area contributed by atoms with Gasteiger partial charge < -0.3 is 24.9 Å². The molecule has 4 nitrogen and oxygen atoms in total. The number of aryl methyl sites for hydroxylation is 4. The van der Waals surface area contributed by atoms with Crippen molar-refractivity contribution in [1.82, 2.24) is 0 Å². The third kappa shape index (κ3) is 76.7. The molecule has 0 saturated carbocycles. The SMILES string of the molecule is C=C[CH2-].C=C[CH2-].CCCCCCCCCC1=C(c2cccc(CCCC)c2)[N+](=[N-])C(c2cccc(CC)c2)=C1CCCC.CCCCCCCCCCCCCCCCCCCCCCCCCCc1cccc(C(=C(CCCC)C(=C=[N+]=[N-])CCCCCCCCCCCCCCCCCCC)c2cccc(CCCC)c2)c1.[CH2-]CCCCCCCCCC.[CH2-]CCCCCCCCCC.[Ni+2].[Ni+2]. The Kier molecular flexibility index (Phi) is 107. The van der Waals surface area contributed by atoms with E-state index >= 15 is 0 Å². The summed E-state index contributed by atoms with van der Waals surface area (Å²) in [7, 11) is 0. The standard InChI is InChI=1S/C69H118N2.C35H50N2.2C11H23.2C3H5.2Ni/c1-5-9-13-15-17-19-21-23-25-27-28-29-30-31-32-33-35-36-38-40-42-44-46-48-53-64-55-51-58-66(61-64)69(65-57-50-54-63(60-65)52-11-7-3)68(59-12-8-4)67(62-71-70)56-49-47-45-43-41-39-37-34-26-24-22-20-18-16-14-10-6-2;1-5-9-12-13-14-15-16-25-33-32(24-11-7-3)34(30-22-17-20-28(8-4)26-30)37(36)35(33)31-23-18-21-29(27-31)19-10-6-2;2*1-3-5-7-9-11-10-8-6-4-2;2*1-3-2;;/h50-51,54-55,57-58,60-61H,5-49,52-53,56,59H2,1-4H3;17-18,20-23,26-27H,5-16,19,24-25H2,1-4H3;2*1,3-11H2,2H3;2*3H,1-2H2;;/q;;4*-1;2*+2. The normalized spacial score (nSPS) is 11.6. The maximum atomic E-state index is 11.8. The smallest absolute Gasteiger partial charge is 0.493 e. The van der Waals surface area contributed by atoms with E-state index in [1.165, 1.54) is 498 Å². The molecule has 0 aliphatic carbocycles. The zero-order valence-electron chi connectivity index (χ0n) is 93.0. The summed E-state index contributed by atoms with van der Waals surface area (Å²) in [5.41, 5.74) is 40.9. The van der Waals surface area contributed by atoms with Gasteiger partial charge in [0.1, 0.15) is 0 Å². The number of allylic oxidation sites excluding steroid dienone is 6. The molecule has 0 radical (unpaired) electrons. The molecular weight excluding hydrogens is 1760 g/mol. The Morgan fingerprint density at radius 2 is 0.522 bits per heavy atom. The second kappa shape index (κ2) is 108. The van der Waals surface area contributed by atoms with Gasteiger partial charge in [0.05, 0.1) is 5.57 Å². The molecule has 0 amide bonds. The Labute approximate surface area is 882 Å². The molecule has 0 spiro atoms. The Morgan fingerprint density at radius 1 is 0.290 bits per heavy atom. The fourth-order valence-corrected chi connectivity index (χ4v) is 19.3. The maximum absolute atomic E-state index is 11.8. The summed E-state index contributed by atoms with van der Waals surface area (Å²) in [6.07, 6.45) is 112. The summed E-state index contributed by atoms with van der Waals surface area (Å²) in [5.74, 6) is 3.16. The van der Waals surface area contributed by atoms with Gasteiger partial charge in [-0.2, -0.15) is 12.8 Å². The van der Waals surface area contributed by atoms with Crippen molar-refractivity contribution in [3.63, 3.8) is 0 Å². The fourth-order valence-electron chi connectivity index (χ4n) is 19.3. The average Bonchev–Trinajstić information content (AvgIpc) is 1.60. The van der Waals surface area contributed by atoms with Crippen LogP contribution in [0.1, 0.15) is 615 Å². The first-order valence-electron chi connectivity index (χ1n) is 59.4. The minimum Gasteiger partial charge on any atom is -0.493 e. The first kappa shape index (κ1) is 137. The van der Waals surface area contributed by atoms with Gasteiger partial charge in [-0.05, 0) is 165 Å². The minimum absolute atomic E-state index is 0. The van der Waals surface area contributed by atoms with Crippen LogP contribution >= 0.6 is 0 Å². The molecule has 0 fully saturated rings. The Morgan fingerprint density at radius 3 is 0.812 bits per heavy atom. The van der Waals surface area contributed by atoms with E-state index in [9.17, 15) is 11.1 Å². The molecule has 138 heavy (non-hydrogen) atoms. The molecule has 4 aromatic carbocycles. The minimum atomic E-state index is 0. The van der Waals surface area contributed by atoms with Gasteiger partial charge in [-0.1, -0.05) is 559 Å². The number of hydrogen-bond donors (Lipinski definition) is 0. The van der Waals surface area contributed by atoms with E-state index in [0.717, 1.165) is 124 Å². The first-order chi connectivity index (χ1) is 67.0. The van der Waals surface area contributed by atoms with Crippen LogP contribution in [0.2, 0.25) is 0 Å². The van der Waals surface area contributed by atoms with E-state index in [0.29, 0.717) is 0 Å². The van der Waals surface area contributed by atoms with Gasteiger partial charge in [-0.25, -0.2) is 43.9 Å². The summed E-state index contributed by atoms with van der Waals surface area (Å²) in [4.78, 5) is 3.60. The van der Waals surface area contributed by atoms with Crippen LogP contribution < -0.4 is 0 Å². The third-order valence-electron chi connectivity index (χ3n) is 27.7. The van der Waals surface area contributed by atoms with Crippen molar-refractivity contribution in [2.24, 2.45) is 0 Å². The number of benzene rings is 4. The van der Waals surface area contributed by atoms with Gasteiger partial charge in [0.2, 0.25) is 11.4 Å². The van der Waals surface area contributed by atoms with Crippen LogP contribution in [0, 0.1) is 27.7 Å². The van der Waals surface area contributed by atoms with Crippen molar-refractivity contribution in [3.8, 4) is 0 Å². The van der Waals surface area contributed by atoms with Crippen molar-refractivity contribution in [3.05, 3.63) is 228 Å². The van der Waals surface area contributed by atoms with Gasteiger partial charge in [0, 0.05) is 22.3 Å². The molecule has 0 bridgehead atoms. The fraction of sp³-hybridized carbons (Fsp3) is 0.697. The van der Waals surface area contributed by atoms with Crippen LogP contribution in [0.15, 0.2) is 145 Å². The molecule has 1 aliphatic heterocycles. The molecular formula is C132H224N4Ni2. The van der Waals surface area contributed by atoms with Crippen molar-refractivity contribution in [2.75, 3.05) is 0 Å². The van der Waals surface area contributed by atoms with E-state index in [4.69, 9.17) is 0 Å². The molecule has 792 valence electrons. The Hall–Kier alpha value is -4.93. The molecule has 1 heterocycles. The summed E-state index contributed by atoms with van der Waals surface area (Å²) >= 11 is 0. The molecule has 4 aromatic rings. The van der Waals surface area contributed by atoms with Crippen LogP contribution in [0.3, 0.4) is 0 Å². The van der Waals surface area contributed by atoms with E-state index in [1.807, 2.05) is 0 Å². The monoisotopic (exact) mass is 1980 g/mol. The number of rotatable bonds is 85.